The van der Waals surface area contributed by atoms with Crippen molar-refractivity contribution in [2.45, 2.75) is 57.7 Å². The van der Waals surface area contributed by atoms with Crippen molar-refractivity contribution in [3.05, 3.63) is 18.0 Å². The molecule has 2 heterocycles. The largest absolute Gasteiger partial charge is 0.377 e. The zero-order valence-electron chi connectivity index (χ0n) is 13.2. The predicted molar refractivity (Wildman–Crippen MR) is 82.5 cm³/mol. The maximum atomic E-state index is 12.5. The van der Waals surface area contributed by atoms with E-state index in [9.17, 15) is 4.79 Å². The van der Waals surface area contributed by atoms with Crippen molar-refractivity contribution in [1.82, 2.24) is 15.1 Å². The minimum Gasteiger partial charge on any atom is -0.377 e. The maximum Gasteiger partial charge on any atom is 0.254 e. The molecule has 0 radical (unpaired) electrons. The Kier molecular flexibility index (Phi) is 3.68. The van der Waals surface area contributed by atoms with Gasteiger partial charge in [0.25, 0.3) is 5.91 Å². The van der Waals surface area contributed by atoms with Gasteiger partial charge in [0.2, 0.25) is 0 Å². The fraction of sp³-hybridized carbons (Fsp3) is 0.765. The van der Waals surface area contributed by atoms with Gasteiger partial charge in [0.1, 0.15) is 0 Å². The molecule has 22 heavy (non-hydrogen) atoms. The van der Waals surface area contributed by atoms with E-state index in [1.54, 1.807) is 10.9 Å². The van der Waals surface area contributed by atoms with Gasteiger partial charge in [-0.05, 0) is 19.3 Å². The summed E-state index contributed by atoms with van der Waals surface area (Å²) in [6.07, 6.45) is 10.3. The molecule has 1 amide bonds. The fourth-order valence-electron chi connectivity index (χ4n) is 4.75. The van der Waals surface area contributed by atoms with Crippen molar-refractivity contribution in [3.63, 3.8) is 0 Å². The molecule has 1 aromatic heterocycles. The first kappa shape index (κ1) is 14.2. The van der Waals surface area contributed by atoms with E-state index in [2.05, 4.69) is 10.4 Å². The highest BCUT2D eigenvalue weighted by Crippen LogP contribution is 2.51. The van der Waals surface area contributed by atoms with E-state index in [0.717, 1.165) is 25.5 Å². The summed E-state index contributed by atoms with van der Waals surface area (Å²) >= 11 is 0. The predicted octanol–water partition coefficient (Wildman–Crippen LogP) is 2.23. The lowest BCUT2D eigenvalue weighted by molar-refractivity contribution is -0.0784. The van der Waals surface area contributed by atoms with Crippen molar-refractivity contribution in [2.24, 2.45) is 17.8 Å². The van der Waals surface area contributed by atoms with Gasteiger partial charge in [0, 0.05) is 37.2 Å². The molecule has 4 rings (SSSR count). The van der Waals surface area contributed by atoms with E-state index in [1.165, 1.54) is 25.7 Å². The van der Waals surface area contributed by atoms with Gasteiger partial charge in [-0.25, -0.2) is 0 Å². The topological polar surface area (TPSA) is 56.2 Å². The molecular weight excluding hydrogens is 278 g/mol. The van der Waals surface area contributed by atoms with Crippen LogP contribution in [0.2, 0.25) is 0 Å². The van der Waals surface area contributed by atoms with Crippen LogP contribution in [0.1, 0.15) is 49.4 Å². The van der Waals surface area contributed by atoms with Crippen LogP contribution in [0, 0.1) is 17.8 Å². The Hall–Kier alpha value is -1.36. The van der Waals surface area contributed by atoms with Crippen LogP contribution in [-0.2, 0) is 11.3 Å². The van der Waals surface area contributed by atoms with Crippen molar-refractivity contribution in [2.75, 3.05) is 6.61 Å². The lowest BCUT2D eigenvalue weighted by Crippen LogP contribution is -2.63. The minimum absolute atomic E-state index is 0.0260. The fourth-order valence-corrected chi connectivity index (χ4v) is 4.75. The number of ether oxygens (including phenoxy) is 1. The summed E-state index contributed by atoms with van der Waals surface area (Å²) in [6, 6.07) is 0.299. The van der Waals surface area contributed by atoms with E-state index in [1.807, 2.05) is 13.1 Å². The number of nitrogens with zero attached hydrogens (tertiary/aromatic N) is 2. The molecule has 1 aromatic rings. The van der Waals surface area contributed by atoms with Crippen LogP contribution in [-0.4, -0.2) is 34.4 Å². The standard InChI is InChI=1S/C17H25N3O2/c1-2-20-10-12(9-18-20)17(21)19-15-13-7-8-22-16(13)14(15)11-5-3-4-6-11/h9-11,13-16H,2-8H2,1H3,(H,19,21)/t13-,14+,15+,16-/m0/s1. The average Bonchev–Trinajstić information content (AvgIpc) is 3.26. The normalized spacial score (nSPS) is 34.4. The number of aryl methyl sites for hydroxylation is 1. The van der Waals surface area contributed by atoms with E-state index >= 15 is 0 Å². The minimum atomic E-state index is 0.0260. The Balaban J connectivity index is 1.46. The van der Waals surface area contributed by atoms with E-state index in [-0.39, 0.29) is 5.91 Å². The van der Waals surface area contributed by atoms with Gasteiger partial charge in [-0.1, -0.05) is 25.7 Å². The van der Waals surface area contributed by atoms with Crippen LogP contribution in [0.3, 0.4) is 0 Å². The Morgan fingerprint density at radius 1 is 1.41 bits per heavy atom. The van der Waals surface area contributed by atoms with Crippen molar-refractivity contribution >= 4 is 5.91 Å². The van der Waals surface area contributed by atoms with Gasteiger partial charge in [-0.15, -0.1) is 0 Å². The summed E-state index contributed by atoms with van der Waals surface area (Å²) in [4.78, 5) is 12.5. The Morgan fingerprint density at radius 3 is 2.95 bits per heavy atom. The molecular formula is C17H25N3O2. The second-order valence-electron chi connectivity index (χ2n) is 6.99. The van der Waals surface area contributed by atoms with Crippen molar-refractivity contribution in [3.8, 4) is 0 Å². The SMILES string of the molecule is CCn1cc(C(=O)N[C@@H]2[C@@H]3CCO[C@@H]3[C@@H]2C2CCCC2)cn1. The molecule has 3 aliphatic rings. The highest BCUT2D eigenvalue weighted by Gasteiger charge is 2.57. The first-order valence-corrected chi connectivity index (χ1v) is 8.73. The van der Waals surface area contributed by atoms with Gasteiger partial charge in [0.15, 0.2) is 0 Å². The van der Waals surface area contributed by atoms with Crippen LogP contribution in [0.15, 0.2) is 12.4 Å². The molecule has 2 saturated carbocycles. The number of amides is 1. The van der Waals surface area contributed by atoms with Crippen LogP contribution < -0.4 is 5.32 Å². The Morgan fingerprint density at radius 2 is 2.23 bits per heavy atom. The van der Waals surface area contributed by atoms with Gasteiger partial charge in [-0.3, -0.25) is 9.48 Å². The maximum absolute atomic E-state index is 12.5. The average molecular weight is 303 g/mol. The second-order valence-corrected chi connectivity index (χ2v) is 6.99. The van der Waals surface area contributed by atoms with Crippen molar-refractivity contribution in [1.29, 1.82) is 0 Å². The third-order valence-corrected chi connectivity index (χ3v) is 5.90. The van der Waals surface area contributed by atoms with Gasteiger partial charge >= 0.3 is 0 Å². The number of rotatable bonds is 4. The van der Waals surface area contributed by atoms with E-state index in [4.69, 9.17) is 4.74 Å². The quantitative estimate of drug-likeness (QED) is 0.928. The van der Waals surface area contributed by atoms with Crippen molar-refractivity contribution < 1.29 is 9.53 Å². The Labute approximate surface area is 131 Å². The highest BCUT2D eigenvalue weighted by atomic mass is 16.5. The molecule has 0 spiro atoms. The Bertz CT molecular complexity index is 545. The van der Waals surface area contributed by atoms with Crippen LogP contribution in [0.4, 0.5) is 0 Å². The summed E-state index contributed by atoms with van der Waals surface area (Å²) < 4.78 is 7.75. The zero-order chi connectivity index (χ0) is 15.1. The molecule has 0 bridgehead atoms. The first-order chi connectivity index (χ1) is 10.8. The molecule has 120 valence electrons. The molecule has 3 fully saturated rings. The molecule has 4 atom stereocenters. The lowest BCUT2D eigenvalue weighted by atomic mass is 9.61. The summed E-state index contributed by atoms with van der Waals surface area (Å²) in [6.45, 7) is 3.68. The monoisotopic (exact) mass is 303 g/mol. The zero-order valence-corrected chi connectivity index (χ0v) is 13.2. The third-order valence-electron chi connectivity index (χ3n) is 5.90. The molecule has 0 aromatic carbocycles. The number of carbonyl (C=O) groups is 1. The molecule has 2 aliphatic carbocycles. The summed E-state index contributed by atoms with van der Waals surface area (Å²) in [5.74, 6) is 1.82. The number of nitrogens with one attached hydrogen (secondary N) is 1. The summed E-state index contributed by atoms with van der Waals surface area (Å²) in [5, 5.41) is 7.50. The molecule has 0 unspecified atom stereocenters. The number of aromatic nitrogens is 2. The summed E-state index contributed by atoms with van der Waals surface area (Å²) in [7, 11) is 0. The second kappa shape index (κ2) is 5.69. The van der Waals surface area contributed by atoms with Crippen LogP contribution >= 0.6 is 0 Å². The number of hydrogen-bond acceptors (Lipinski definition) is 3. The highest BCUT2D eigenvalue weighted by molar-refractivity contribution is 5.94. The lowest BCUT2D eigenvalue weighted by Gasteiger charge is -2.50. The third kappa shape index (κ3) is 2.26. The molecule has 5 heteroatoms. The number of carbonyl (C=O) groups excluding carboxylic acids is 1. The molecule has 1 aliphatic heterocycles. The van der Waals surface area contributed by atoms with Crippen LogP contribution in [0.25, 0.3) is 0 Å². The molecule has 1 N–H and O–H groups in total. The first-order valence-electron chi connectivity index (χ1n) is 8.73. The molecule has 1 saturated heterocycles. The van der Waals surface area contributed by atoms with E-state index < -0.39 is 0 Å². The van der Waals surface area contributed by atoms with Gasteiger partial charge in [0.05, 0.1) is 17.9 Å². The number of hydrogen-bond donors (Lipinski definition) is 1. The summed E-state index contributed by atoms with van der Waals surface area (Å²) in [5.41, 5.74) is 0.675. The molecule has 5 nitrogen and oxygen atoms in total. The van der Waals surface area contributed by atoms with Gasteiger partial charge < -0.3 is 10.1 Å². The van der Waals surface area contributed by atoms with Gasteiger partial charge in [-0.2, -0.15) is 5.10 Å². The van der Waals surface area contributed by atoms with Crippen LogP contribution in [0.5, 0.6) is 0 Å². The smallest absolute Gasteiger partial charge is 0.254 e. The number of fused-ring (bicyclic) bond motifs is 1. The van der Waals surface area contributed by atoms with E-state index in [0.29, 0.717) is 29.5 Å².